The number of rotatable bonds is 6. The quantitative estimate of drug-likeness (QED) is 0.211. The SMILES string of the molecule is Clc1cccc(Cl)c1CSc1nnc(Cn2c3ccccc3c3ccccc32)n1-c1ccccc1. The summed E-state index contributed by atoms with van der Waals surface area (Å²) >= 11 is 14.4. The van der Waals surface area contributed by atoms with E-state index in [0.717, 1.165) is 22.2 Å². The van der Waals surface area contributed by atoms with Crippen LogP contribution in [0.1, 0.15) is 11.4 Å². The van der Waals surface area contributed by atoms with E-state index in [1.165, 1.54) is 21.8 Å². The molecule has 0 unspecified atom stereocenters. The van der Waals surface area contributed by atoms with Crippen LogP contribution in [-0.4, -0.2) is 19.3 Å². The number of hydrogen-bond acceptors (Lipinski definition) is 3. The van der Waals surface area contributed by atoms with Gasteiger partial charge in [-0.05, 0) is 42.0 Å². The Bertz CT molecular complexity index is 1580. The summed E-state index contributed by atoms with van der Waals surface area (Å²) in [5.74, 6) is 1.45. The largest absolute Gasteiger partial charge is 0.333 e. The molecule has 7 heteroatoms. The number of para-hydroxylation sites is 3. The Kier molecular flexibility index (Phi) is 5.98. The first kappa shape index (κ1) is 22.2. The number of nitrogens with zero attached hydrogens (tertiary/aromatic N) is 4. The molecule has 0 aliphatic carbocycles. The second-order valence-electron chi connectivity index (χ2n) is 8.18. The lowest BCUT2D eigenvalue weighted by Gasteiger charge is -2.13. The monoisotopic (exact) mass is 514 g/mol. The number of benzene rings is 4. The van der Waals surface area contributed by atoms with Crippen molar-refractivity contribution in [1.82, 2.24) is 19.3 Å². The number of halogens is 2. The van der Waals surface area contributed by atoms with Gasteiger partial charge < -0.3 is 4.57 Å². The van der Waals surface area contributed by atoms with Gasteiger partial charge in [0.2, 0.25) is 0 Å². The Morgan fingerprint density at radius 2 is 1.26 bits per heavy atom. The van der Waals surface area contributed by atoms with Crippen LogP contribution >= 0.6 is 35.0 Å². The van der Waals surface area contributed by atoms with Crippen LogP contribution in [0.15, 0.2) is 102 Å². The average Bonchev–Trinajstić information content (AvgIpc) is 3.44. The van der Waals surface area contributed by atoms with Crippen molar-refractivity contribution in [2.45, 2.75) is 17.5 Å². The van der Waals surface area contributed by atoms with Crippen molar-refractivity contribution in [1.29, 1.82) is 0 Å². The van der Waals surface area contributed by atoms with Gasteiger partial charge in [0.05, 0.1) is 6.54 Å². The lowest BCUT2D eigenvalue weighted by molar-refractivity contribution is 0.754. The molecule has 6 aromatic rings. The van der Waals surface area contributed by atoms with Gasteiger partial charge in [0.15, 0.2) is 11.0 Å². The van der Waals surface area contributed by atoms with Crippen molar-refractivity contribution in [2.24, 2.45) is 0 Å². The second kappa shape index (κ2) is 9.42. The molecule has 0 amide bonds. The third kappa shape index (κ3) is 4.10. The third-order valence-electron chi connectivity index (χ3n) is 6.10. The fourth-order valence-corrected chi connectivity index (χ4v) is 6.17. The molecule has 6 rings (SSSR count). The zero-order valence-electron chi connectivity index (χ0n) is 18.6. The van der Waals surface area contributed by atoms with E-state index < -0.39 is 0 Å². The van der Waals surface area contributed by atoms with Gasteiger partial charge in [-0.3, -0.25) is 4.57 Å². The van der Waals surface area contributed by atoms with E-state index in [0.29, 0.717) is 22.3 Å². The smallest absolute Gasteiger partial charge is 0.196 e. The number of hydrogen-bond donors (Lipinski definition) is 0. The zero-order valence-corrected chi connectivity index (χ0v) is 20.9. The minimum absolute atomic E-state index is 0.587. The Morgan fingerprint density at radius 3 is 1.91 bits per heavy atom. The Hall–Kier alpha value is -3.25. The molecule has 0 radical (unpaired) electrons. The Balaban J connectivity index is 1.44. The summed E-state index contributed by atoms with van der Waals surface area (Å²) in [6, 6.07) is 32.8. The molecule has 4 aromatic carbocycles. The molecule has 172 valence electrons. The second-order valence-corrected chi connectivity index (χ2v) is 9.94. The van der Waals surface area contributed by atoms with Crippen molar-refractivity contribution >= 4 is 56.8 Å². The average molecular weight is 515 g/mol. The first-order valence-corrected chi connectivity index (χ1v) is 13.0. The Labute approximate surface area is 217 Å². The third-order valence-corrected chi connectivity index (χ3v) is 7.77. The maximum absolute atomic E-state index is 6.42. The van der Waals surface area contributed by atoms with Crippen LogP contribution in [0.3, 0.4) is 0 Å². The van der Waals surface area contributed by atoms with E-state index in [1.807, 2.05) is 36.4 Å². The lowest BCUT2D eigenvalue weighted by atomic mass is 10.2. The molecule has 2 heterocycles. The normalized spacial score (nSPS) is 11.5. The van der Waals surface area contributed by atoms with E-state index in [1.54, 1.807) is 11.8 Å². The van der Waals surface area contributed by atoms with Crippen molar-refractivity contribution in [3.8, 4) is 5.69 Å². The summed E-state index contributed by atoms with van der Waals surface area (Å²) in [7, 11) is 0. The number of thioether (sulfide) groups is 1. The highest BCUT2D eigenvalue weighted by molar-refractivity contribution is 7.98. The van der Waals surface area contributed by atoms with Crippen molar-refractivity contribution in [3.05, 3.63) is 118 Å². The first-order valence-electron chi connectivity index (χ1n) is 11.2. The van der Waals surface area contributed by atoms with Crippen molar-refractivity contribution in [3.63, 3.8) is 0 Å². The van der Waals surface area contributed by atoms with E-state index >= 15 is 0 Å². The molecule has 0 fully saturated rings. The molecule has 0 N–H and O–H groups in total. The van der Waals surface area contributed by atoms with E-state index in [9.17, 15) is 0 Å². The highest BCUT2D eigenvalue weighted by atomic mass is 35.5. The molecule has 0 atom stereocenters. The molecule has 0 spiro atoms. The standard InChI is InChI=1S/C28H20Cl2N4S/c29-23-13-8-14-24(30)22(23)18-35-28-32-31-27(34(28)19-9-2-1-3-10-19)17-33-25-15-6-4-11-20(25)21-12-5-7-16-26(21)33/h1-16H,17-18H2. The summed E-state index contributed by atoms with van der Waals surface area (Å²) in [5.41, 5.74) is 4.26. The van der Waals surface area contributed by atoms with Gasteiger partial charge in [-0.25, -0.2) is 0 Å². The van der Waals surface area contributed by atoms with Crippen LogP contribution in [0.5, 0.6) is 0 Å². The van der Waals surface area contributed by atoms with Crippen LogP contribution in [-0.2, 0) is 12.3 Å². The topological polar surface area (TPSA) is 35.6 Å². The maximum atomic E-state index is 6.42. The lowest BCUT2D eigenvalue weighted by Crippen LogP contribution is -2.08. The molecular weight excluding hydrogens is 495 g/mol. The maximum Gasteiger partial charge on any atom is 0.196 e. The summed E-state index contributed by atoms with van der Waals surface area (Å²) in [5, 5.41) is 13.8. The molecule has 0 saturated heterocycles. The van der Waals surface area contributed by atoms with Gasteiger partial charge in [0.25, 0.3) is 0 Å². The van der Waals surface area contributed by atoms with Crippen LogP contribution in [0.4, 0.5) is 0 Å². The Morgan fingerprint density at radius 1 is 0.657 bits per heavy atom. The zero-order chi connectivity index (χ0) is 23.8. The van der Waals surface area contributed by atoms with E-state index in [2.05, 4.69) is 80.0 Å². The van der Waals surface area contributed by atoms with Crippen LogP contribution in [0, 0.1) is 0 Å². The van der Waals surface area contributed by atoms with Gasteiger partial charge in [0.1, 0.15) is 0 Å². The van der Waals surface area contributed by atoms with Gasteiger partial charge in [-0.2, -0.15) is 0 Å². The van der Waals surface area contributed by atoms with E-state index in [-0.39, 0.29) is 0 Å². The minimum atomic E-state index is 0.587. The molecular formula is C28H20Cl2N4S. The fourth-order valence-electron chi connectivity index (χ4n) is 4.45. The molecule has 2 aromatic heterocycles. The van der Waals surface area contributed by atoms with Crippen LogP contribution in [0.25, 0.3) is 27.5 Å². The number of fused-ring (bicyclic) bond motifs is 3. The highest BCUT2D eigenvalue weighted by Gasteiger charge is 2.18. The summed E-state index contributed by atoms with van der Waals surface area (Å²) in [4.78, 5) is 0. The number of aromatic nitrogens is 4. The fraction of sp³-hybridized carbons (Fsp3) is 0.0714. The van der Waals surface area contributed by atoms with Gasteiger partial charge in [-0.15, -0.1) is 10.2 Å². The molecule has 0 saturated carbocycles. The minimum Gasteiger partial charge on any atom is -0.333 e. The molecule has 0 aliphatic rings. The predicted octanol–water partition coefficient (Wildman–Crippen LogP) is 8.02. The van der Waals surface area contributed by atoms with Gasteiger partial charge in [0, 0.05) is 43.3 Å². The summed E-state index contributed by atoms with van der Waals surface area (Å²) in [6.45, 7) is 0.587. The molecule has 35 heavy (non-hydrogen) atoms. The summed E-state index contributed by atoms with van der Waals surface area (Å²) < 4.78 is 4.44. The summed E-state index contributed by atoms with van der Waals surface area (Å²) in [6.07, 6.45) is 0. The van der Waals surface area contributed by atoms with Crippen LogP contribution in [0.2, 0.25) is 10.0 Å². The van der Waals surface area contributed by atoms with Crippen molar-refractivity contribution < 1.29 is 0 Å². The highest BCUT2D eigenvalue weighted by Crippen LogP contribution is 2.33. The first-order chi connectivity index (χ1) is 17.2. The molecule has 4 nitrogen and oxygen atoms in total. The van der Waals surface area contributed by atoms with Crippen LogP contribution < -0.4 is 0 Å². The predicted molar refractivity (Wildman–Crippen MR) is 146 cm³/mol. The van der Waals surface area contributed by atoms with Gasteiger partial charge in [-0.1, -0.05) is 95.6 Å². The molecule has 0 bridgehead atoms. The van der Waals surface area contributed by atoms with Gasteiger partial charge >= 0.3 is 0 Å². The molecule has 0 aliphatic heterocycles. The van der Waals surface area contributed by atoms with E-state index in [4.69, 9.17) is 23.2 Å². The van der Waals surface area contributed by atoms with Crippen molar-refractivity contribution in [2.75, 3.05) is 0 Å².